The molecule has 3 aliphatic rings. The van der Waals surface area contributed by atoms with E-state index in [-0.39, 0.29) is 11.9 Å². The molecule has 0 spiro atoms. The first-order valence-corrected chi connectivity index (χ1v) is 12.3. The third kappa shape index (κ3) is 4.59. The smallest absolute Gasteiger partial charge is 0.310 e. The molecule has 0 radical (unpaired) electrons. The number of carboxylic acids is 1. The molecule has 1 N–H and O–H groups in total. The summed E-state index contributed by atoms with van der Waals surface area (Å²) >= 11 is 6.52. The summed E-state index contributed by atoms with van der Waals surface area (Å²) < 4.78 is 7.72. The first-order valence-electron chi connectivity index (χ1n) is 11.9. The number of aromatic nitrogens is 2. The lowest BCUT2D eigenvalue weighted by atomic mass is 9.88. The zero-order chi connectivity index (χ0) is 24.0. The van der Waals surface area contributed by atoms with E-state index < -0.39 is 11.4 Å². The van der Waals surface area contributed by atoms with Crippen LogP contribution in [0, 0.1) is 5.41 Å². The molecule has 1 amide bonds. The van der Waals surface area contributed by atoms with E-state index in [9.17, 15) is 14.7 Å². The molecule has 3 heterocycles. The van der Waals surface area contributed by atoms with Gasteiger partial charge in [-0.3, -0.25) is 19.2 Å². The van der Waals surface area contributed by atoms with Gasteiger partial charge in [0.2, 0.25) is 0 Å². The van der Waals surface area contributed by atoms with Crippen LogP contribution in [0.3, 0.4) is 0 Å². The second-order valence-electron chi connectivity index (χ2n) is 10.3. The zero-order valence-corrected chi connectivity index (χ0v) is 20.4. The summed E-state index contributed by atoms with van der Waals surface area (Å²) in [5.74, 6) is -0.836. The van der Waals surface area contributed by atoms with Gasteiger partial charge in [-0.25, -0.2) is 0 Å². The summed E-state index contributed by atoms with van der Waals surface area (Å²) in [6.07, 6.45) is 6.50. The van der Waals surface area contributed by atoms with Crippen molar-refractivity contribution >= 4 is 23.5 Å². The largest absolute Gasteiger partial charge is 0.481 e. The first-order chi connectivity index (χ1) is 16.2. The van der Waals surface area contributed by atoms with Crippen molar-refractivity contribution in [2.45, 2.75) is 51.7 Å². The Kier molecular flexibility index (Phi) is 6.16. The summed E-state index contributed by atoms with van der Waals surface area (Å²) in [4.78, 5) is 29.2. The Bertz CT molecular complexity index is 1110. The Morgan fingerprint density at radius 2 is 2.06 bits per heavy atom. The number of benzene rings is 1. The van der Waals surface area contributed by atoms with Crippen LogP contribution in [0.1, 0.15) is 65.8 Å². The number of aliphatic carboxylic acids is 1. The van der Waals surface area contributed by atoms with E-state index in [1.54, 1.807) is 20.0 Å². The highest BCUT2D eigenvalue weighted by Gasteiger charge is 2.37. The maximum absolute atomic E-state index is 13.3. The molecule has 34 heavy (non-hydrogen) atoms. The van der Waals surface area contributed by atoms with Gasteiger partial charge in [-0.1, -0.05) is 11.6 Å². The number of morpholine rings is 1. The van der Waals surface area contributed by atoms with Crippen molar-refractivity contribution in [1.29, 1.82) is 0 Å². The second kappa shape index (κ2) is 8.98. The van der Waals surface area contributed by atoms with Gasteiger partial charge in [0.25, 0.3) is 5.91 Å². The zero-order valence-electron chi connectivity index (χ0n) is 19.7. The summed E-state index contributed by atoms with van der Waals surface area (Å²) in [5, 5.41) is 14.7. The van der Waals surface area contributed by atoms with Gasteiger partial charge >= 0.3 is 5.97 Å². The molecule has 5 rings (SSSR count). The predicted molar refractivity (Wildman–Crippen MR) is 127 cm³/mol. The molecular weight excluding hydrogens is 456 g/mol. The molecule has 182 valence electrons. The van der Waals surface area contributed by atoms with Crippen molar-refractivity contribution in [3.63, 3.8) is 0 Å². The summed E-state index contributed by atoms with van der Waals surface area (Å²) in [6, 6.07) is 4.26. The summed E-state index contributed by atoms with van der Waals surface area (Å²) in [6.45, 7) is 6.68. The number of nitrogens with zero attached hydrogens (tertiary/aromatic N) is 4. The number of carbonyl (C=O) groups excluding carboxylic acids is 1. The standard InChI is InChI=1S/C25H31ClN4O4/c1-25(2,24(32)33)15-29-7-8-34-14-22(29)20-10-18(26)9-16-5-6-28(13-21(16)20)23(31)17-11-27-30(12-17)19-3-4-19/h9-12,19,22H,3-8,13-15H2,1-2H3,(H,32,33)/t22-/m0/s1. The Labute approximate surface area is 204 Å². The van der Waals surface area contributed by atoms with Crippen LogP contribution >= 0.6 is 11.6 Å². The van der Waals surface area contributed by atoms with E-state index in [2.05, 4.69) is 10.00 Å². The lowest BCUT2D eigenvalue weighted by molar-refractivity contribution is -0.149. The fourth-order valence-electron chi connectivity index (χ4n) is 4.99. The first kappa shape index (κ1) is 23.3. The average Bonchev–Trinajstić information content (AvgIpc) is 3.54. The summed E-state index contributed by atoms with van der Waals surface area (Å²) in [7, 11) is 0. The fourth-order valence-corrected chi connectivity index (χ4v) is 5.24. The predicted octanol–water partition coefficient (Wildman–Crippen LogP) is 3.55. The van der Waals surface area contributed by atoms with Crippen LogP contribution in [0.5, 0.6) is 0 Å². The van der Waals surface area contributed by atoms with E-state index in [0.717, 1.165) is 36.0 Å². The van der Waals surface area contributed by atoms with E-state index in [1.807, 2.05) is 27.9 Å². The maximum Gasteiger partial charge on any atom is 0.310 e. The van der Waals surface area contributed by atoms with Crippen LogP contribution in [0.25, 0.3) is 0 Å². The molecule has 1 saturated carbocycles. The number of carboxylic acid groups (broad SMARTS) is 1. The van der Waals surface area contributed by atoms with E-state index in [0.29, 0.717) is 56.0 Å². The van der Waals surface area contributed by atoms with Gasteiger partial charge in [0.1, 0.15) is 0 Å². The monoisotopic (exact) mass is 486 g/mol. The molecule has 9 heteroatoms. The molecule has 1 atom stereocenters. The molecule has 0 unspecified atom stereocenters. The average molecular weight is 487 g/mol. The fraction of sp³-hybridized carbons (Fsp3) is 0.560. The molecule has 2 fully saturated rings. The minimum atomic E-state index is -0.891. The quantitative estimate of drug-likeness (QED) is 0.671. The number of hydrogen-bond donors (Lipinski definition) is 1. The third-order valence-corrected chi connectivity index (χ3v) is 7.39. The van der Waals surface area contributed by atoms with Gasteiger partial charge in [-0.2, -0.15) is 5.10 Å². The lowest BCUT2D eigenvalue weighted by Crippen LogP contribution is -2.47. The SMILES string of the molecule is CC(C)(CN1CCOC[C@H]1c1cc(Cl)cc2c1CN(C(=O)c1cnn(C3CC3)c1)CC2)C(=O)O. The minimum Gasteiger partial charge on any atom is -0.481 e. The number of rotatable bonds is 6. The number of halogens is 1. The molecule has 1 aliphatic carbocycles. The van der Waals surface area contributed by atoms with Crippen LogP contribution in [0.15, 0.2) is 24.5 Å². The Morgan fingerprint density at radius 3 is 2.79 bits per heavy atom. The van der Waals surface area contributed by atoms with Crippen LogP contribution in [0.4, 0.5) is 0 Å². The van der Waals surface area contributed by atoms with Crippen LogP contribution in [0.2, 0.25) is 5.02 Å². The van der Waals surface area contributed by atoms with Gasteiger partial charge in [-0.05, 0) is 61.9 Å². The Balaban J connectivity index is 1.42. The van der Waals surface area contributed by atoms with Crippen LogP contribution in [-0.2, 0) is 22.5 Å². The van der Waals surface area contributed by atoms with Crippen molar-refractivity contribution in [3.05, 3.63) is 51.8 Å². The number of ether oxygens (including phenoxy) is 1. The number of amides is 1. The second-order valence-corrected chi connectivity index (χ2v) is 10.7. The van der Waals surface area contributed by atoms with Crippen molar-refractivity contribution in [3.8, 4) is 0 Å². The Hall–Kier alpha value is -2.42. The van der Waals surface area contributed by atoms with Crippen LogP contribution in [-0.4, -0.2) is 69.4 Å². The molecule has 1 aromatic heterocycles. The molecule has 8 nitrogen and oxygen atoms in total. The van der Waals surface area contributed by atoms with Gasteiger partial charge in [0.15, 0.2) is 0 Å². The van der Waals surface area contributed by atoms with Gasteiger partial charge in [0.05, 0.1) is 42.5 Å². The molecule has 1 aromatic carbocycles. The molecule has 0 bridgehead atoms. The minimum absolute atomic E-state index is 0.0118. The molecule has 2 aromatic rings. The highest BCUT2D eigenvalue weighted by Crippen LogP contribution is 2.37. The highest BCUT2D eigenvalue weighted by atomic mass is 35.5. The number of carbonyl (C=O) groups is 2. The normalized spacial score (nSPS) is 21.4. The van der Waals surface area contributed by atoms with E-state index >= 15 is 0 Å². The van der Waals surface area contributed by atoms with Crippen molar-refractivity contribution < 1.29 is 19.4 Å². The Morgan fingerprint density at radius 1 is 1.26 bits per heavy atom. The van der Waals surface area contributed by atoms with E-state index in [1.165, 1.54) is 0 Å². The number of fused-ring (bicyclic) bond motifs is 1. The molecule has 1 saturated heterocycles. The molecular formula is C25H31ClN4O4. The van der Waals surface area contributed by atoms with Crippen molar-refractivity contribution in [1.82, 2.24) is 19.6 Å². The maximum atomic E-state index is 13.3. The van der Waals surface area contributed by atoms with Gasteiger partial charge in [-0.15, -0.1) is 0 Å². The molecule has 2 aliphatic heterocycles. The topological polar surface area (TPSA) is 87.9 Å². The van der Waals surface area contributed by atoms with Gasteiger partial charge in [0, 0.05) is 37.4 Å². The lowest BCUT2D eigenvalue weighted by Gasteiger charge is -2.41. The van der Waals surface area contributed by atoms with Crippen molar-refractivity contribution in [2.75, 3.05) is 32.8 Å². The number of hydrogen-bond acceptors (Lipinski definition) is 5. The van der Waals surface area contributed by atoms with Crippen LogP contribution < -0.4 is 0 Å². The third-order valence-electron chi connectivity index (χ3n) is 7.17. The van der Waals surface area contributed by atoms with Gasteiger partial charge < -0.3 is 14.7 Å². The van der Waals surface area contributed by atoms with E-state index in [4.69, 9.17) is 16.3 Å². The van der Waals surface area contributed by atoms with Crippen molar-refractivity contribution in [2.24, 2.45) is 5.41 Å². The highest BCUT2D eigenvalue weighted by molar-refractivity contribution is 6.30. The summed E-state index contributed by atoms with van der Waals surface area (Å²) in [5.41, 5.74) is 2.99.